The van der Waals surface area contributed by atoms with Crippen LogP contribution in [0.2, 0.25) is 0 Å². The van der Waals surface area contributed by atoms with Gasteiger partial charge in [-0.2, -0.15) is 15.4 Å². The Morgan fingerprint density at radius 1 is 0.892 bits per heavy atom. The molecule has 0 aliphatic heterocycles. The molecule has 37 heavy (non-hydrogen) atoms. The van der Waals surface area contributed by atoms with Crippen LogP contribution in [0, 0.1) is 0 Å². The fraction of sp³-hybridized carbons (Fsp3) is 0.0357. The highest BCUT2D eigenvalue weighted by molar-refractivity contribution is 6.00. The number of pyridine rings is 1. The van der Waals surface area contributed by atoms with Crippen LogP contribution in [0.4, 0.5) is 0 Å². The van der Waals surface area contributed by atoms with Gasteiger partial charge >= 0.3 is 0 Å². The molecule has 1 aliphatic carbocycles. The van der Waals surface area contributed by atoms with Gasteiger partial charge in [-0.15, -0.1) is 0 Å². The number of rotatable bonds is 4. The Hall–Kier alpha value is -5.31. The van der Waals surface area contributed by atoms with E-state index in [0.29, 0.717) is 11.3 Å². The minimum atomic E-state index is -0.380. The Morgan fingerprint density at radius 2 is 1.70 bits per heavy atom. The maximum absolute atomic E-state index is 13.5. The van der Waals surface area contributed by atoms with E-state index in [2.05, 4.69) is 36.8 Å². The average molecular weight is 486 g/mol. The van der Waals surface area contributed by atoms with Crippen LogP contribution in [0.5, 0.6) is 5.75 Å². The molecular formula is C28H19N7O2. The number of aromatic hydroxyl groups is 1. The second-order valence-corrected chi connectivity index (χ2v) is 8.81. The molecule has 0 fully saturated rings. The second kappa shape index (κ2) is 8.13. The van der Waals surface area contributed by atoms with Crippen molar-refractivity contribution in [2.45, 2.75) is 6.04 Å². The van der Waals surface area contributed by atoms with Crippen molar-refractivity contribution >= 4 is 16.9 Å². The van der Waals surface area contributed by atoms with Crippen molar-refractivity contribution in [1.82, 2.24) is 35.7 Å². The zero-order valence-electron chi connectivity index (χ0n) is 19.3. The molecular weight excluding hydrogens is 466 g/mol. The third-order valence-electron chi connectivity index (χ3n) is 6.67. The Balaban J connectivity index is 1.30. The van der Waals surface area contributed by atoms with E-state index in [1.54, 1.807) is 36.7 Å². The summed E-state index contributed by atoms with van der Waals surface area (Å²) in [6.07, 6.45) is 3.48. The first-order valence-electron chi connectivity index (χ1n) is 11.7. The summed E-state index contributed by atoms with van der Waals surface area (Å²) in [6, 6.07) is 22.1. The normalized spacial score (nSPS) is 13.9. The quantitative estimate of drug-likeness (QED) is 0.288. The molecule has 4 N–H and O–H groups in total. The van der Waals surface area contributed by atoms with Crippen molar-refractivity contribution in [2.24, 2.45) is 0 Å². The van der Waals surface area contributed by atoms with Crippen LogP contribution in [0.3, 0.4) is 0 Å². The van der Waals surface area contributed by atoms with Crippen LogP contribution in [0.25, 0.3) is 44.8 Å². The van der Waals surface area contributed by atoms with Gasteiger partial charge in [0.2, 0.25) is 0 Å². The highest BCUT2D eigenvalue weighted by Crippen LogP contribution is 2.47. The van der Waals surface area contributed by atoms with Gasteiger partial charge in [-0.1, -0.05) is 42.5 Å². The number of imidazole rings is 1. The highest BCUT2D eigenvalue weighted by Gasteiger charge is 2.33. The van der Waals surface area contributed by atoms with Gasteiger partial charge in [-0.05, 0) is 52.6 Å². The third-order valence-corrected chi connectivity index (χ3v) is 6.67. The molecule has 1 unspecified atom stereocenters. The van der Waals surface area contributed by atoms with Crippen LogP contribution >= 0.6 is 0 Å². The lowest BCUT2D eigenvalue weighted by atomic mass is 9.98. The molecule has 9 nitrogen and oxygen atoms in total. The summed E-state index contributed by atoms with van der Waals surface area (Å²) in [5.41, 5.74) is 7.93. The minimum Gasteiger partial charge on any atom is -0.508 e. The minimum absolute atomic E-state index is 0.133. The Kier molecular flexibility index (Phi) is 4.62. The number of benzene rings is 3. The first kappa shape index (κ1) is 21.0. The fourth-order valence-corrected chi connectivity index (χ4v) is 5.00. The van der Waals surface area contributed by atoms with E-state index in [1.807, 2.05) is 42.5 Å². The summed E-state index contributed by atoms with van der Waals surface area (Å²) < 4.78 is 0. The lowest BCUT2D eigenvalue weighted by molar-refractivity contribution is 0.0939. The fourth-order valence-electron chi connectivity index (χ4n) is 5.00. The van der Waals surface area contributed by atoms with Crippen LogP contribution < -0.4 is 5.32 Å². The molecule has 3 aromatic heterocycles. The van der Waals surface area contributed by atoms with Gasteiger partial charge in [0.15, 0.2) is 5.69 Å². The molecule has 9 heteroatoms. The lowest BCUT2D eigenvalue weighted by Gasteiger charge is -2.16. The monoisotopic (exact) mass is 485 g/mol. The summed E-state index contributed by atoms with van der Waals surface area (Å²) in [4.78, 5) is 25.9. The molecule has 0 saturated heterocycles. The van der Waals surface area contributed by atoms with Crippen molar-refractivity contribution in [1.29, 1.82) is 0 Å². The van der Waals surface area contributed by atoms with E-state index in [4.69, 9.17) is 4.98 Å². The molecule has 3 heterocycles. The lowest BCUT2D eigenvalue weighted by Crippen LogP contribution is -2.28. The Morgan fingerprint density at radius 3 is 2.57 bits per heavy atom. The number of hydrogen-bond donors (Lipinski definition) is 4. The van der Waals surface area contributed by atoms with E-state index >= 15 is 0 Å². The predicted octanol–water partition coefficient (Wildman–Crippen LogP) is 4.62. The molecule has 178 valence electrons. The molecule has 6 aromatic rings. The van der Waals surface area contributed by atoms with Crippen LogP contribution in [-0.4, -0.2) is 41.4 Å². The molecule has 1 aliphatic rings. The van der Waals surface area contributed by atoms with Gasteiger partial charge < -0.3 is 15.4 Å². The van der Waals surface area contributed by atoms with E-state index in [-0.39, 0.29) is 23.4 Å². The molecule has 0 spiro atoms. The van der Waals surface area contributed by atoms with Crippen molar-refractivity contribution in [3.63, 3.8) is 0 Å². The summed E-state index contributed by atoms with van der Waals surface area (Å²) >= 11 is 0. The zero-order chi connectivity index (χ0) is 24.9. The number of nitrogens with one attached hydrogen (secondary N) is 3. The Labute approximate surface area is 210 Å². The van der Waals surface area contributed by atoms with E-state index in [9.17, 15) is 9.90 Å². The number of aromatic amines is 2. The summed E-state index contributed by atoms with van der Waals surface area (Å²) in [6.45, 7) is 0. The van der Waals surface area contributed by atoms with Gasteiger partial charge in [-0.25, -0.2) is 4.98 Å². The number of carbonyl (C=O) groups excluding carboxylic acids is 1. The SMILES string of the molecule is O=C(NC1c2ccccc2-c2c(-c3nc4ccncc4[nH]3)cccc21)c1n[nH]nc1-c1ccc(O)cc1. The highest BCUT2D eigenvalue weighted by atomic mass is 16.3. The van der Waals surface area contributed by atoms with Crippen LogP contribution in [-0.2, 0) is 0 Å². The van der Waals surface area contributed by atoms with Crippen molar-refractivity contribution in [2.75, 3.05) is 0 Å². The number of aromatic nitrogens is 6. The summed E-state index contributed by atoms with van der Waals surface area (Å²) in [5, 5.41) is 23.7. The number of amides is 1. The predicted molar refractivity (Wildman–Crippen MR) is 138 cm³/mol. The first-order valence-corrected chi connectivity index (χ1v) is 11.7. The maximum atomic E-state index is 13.5. The molecule has 1 amide bonds. The number of H-pyrrole nitrogens is 2. The molecule has 0 radical (unpaired) electrons. The molecule has 3 aromatic carbocycles. The number of phenolic OH excluding ortho intramolecular Hbond substituents is 1. The van der Waals surface area contributed by atoms with E-state index in [0.717, 1.165) is 44.7 Å². The van der Waals surface area contributed by atoms with E-state index < -0.39 is 0 Å². The molecule has 0 saturated carbocycles. The van der Waals surface area contributed by atoms with Crippen LogP contribution in [0.15, 0.2) is 85.2 Å². The third kappa shape index (κ3) is 3.36. The van der Waals surface area contributed by atoms with Crippen LogP contribution in [0.1, 0.15) is 27.7 Å². The number of hydrogen-bond acceptors (Lipinski definition) is 6. The molecule has 7 rings (SSSR count). The second-order valence-electron chi connectivity index (χ2n) is 8.81. The number of phenols is 1. The first-order chi connectivity index (χ1) is 18.2. The molecule has 1 atom stereocenters. The smallest absolute Gasteiger partial charge is 0.274 e. The van der Waals surface area contributed by atoms with Crippen molar-refractivity contribution < 1.29 is 9.90 Å². The van der Waals surface area contributed by atoms with Crippen molar-refractivity contribution in [3.8, 4) is 39.5 Å². The van der Waals surface area contributed by atoms with Gasteiger partial charge in [0, 0.05) is 17.3 Å². The van der Waals surface area contributed by atoms with Gasteiger partial charge in [0.05, 0.1) is 23.3 Å². The number of carbonyl (C=O) groups is 1. The number of nitrogens with zero attached hydrogens (tertiary/aromatic N) is 4. The summed E-state index contributed by atoms with van der Waals surface area (Å²) in [7, 11) is 0. The maximum Gasteiger partial charge on any atom is 0.274 e. The summed E-state index contributed by atoms with van der Waals surface area (Å²) in [5.74, 6) is 0.520. The number of fused-ring (bicyclic) bond motifs is 4. The Bertz CT molecular complexity index is 1770. The zero-order valence-corrected chi connectivity index (χ0v) is 19.3. The largest absolute Gasteiger partial charge is 0.508 e. The van der Waals surface area contributed by atoms with Gasteiger partial charge in [0.25, 0.3) is 5.91 Å². The molecule has 0 bridgehead atoms. The standard InChI is InChI=1S/C28H19N7O2/c36-16-10-8-15(9-11-16)24-26(34-35-33-24)28(37)32-25-18-5-2-1-4-17(18)23-19(25)6-3-7-20(23)27-30-21-12-13-29-14-22(21)31-27/h1-14,25,36H,(H,30,31)(H,32,37)(H,33,34,35). The van der Waals surface area contributed by atoms with Crippen molar-refractivity contribution in [3.05, 3.63) is 102 Å². The topological polar surface area (TPSA) is 132 Å². The van der Waals surface area contributed by atoms with E-state index in [1.165, 1.54) is 0 Å². The van der Waals surface area contributed by atoms with Gasteiger partial charge in [-0.3, -0.25) is 9.78 Å². The average Bonchev–Trinajstić information content (AvgIpc) is 3.66. The van der Waals surface area contributed by atoms with Gasteiger partial charge in [0.1, 0.15) is 17.3 Å².